The van der Waals surface area contributed by atoms with Crippen LogP contribution in [0.25, 0.3) is 0 Å². The predicted molar refractivity (Wildman–Crippen MR) is 102 cm³/mol. The van der Waals surface area contributed by atoms with Gasteiger partial charge in [-0.15, -0.1) is 0 Å². The number of carbonyl (C=O) groups is 2. The molecule has 2 fully saturated rings. The van der Waals surface area contributed by atoms with E-state index >= 15 is 0 Å². The van der Waals surface area contributed by atoms with Gasteiger partial charge in [0.2, 0.25) is 0 Å². The lowest BCUT2D eigenvalue weighted by atomic mass is 9.91. The van der Waals surface area contributed by atoms with E-state index in [-0.39, 0.29) is 17.6 Å². The third-order valence-corrected chi connectivity index (χ3v) is 5.50. The van der Waals surface area contributed by atoms with Crippen molar-refractivity contribution < 1.29 is 18.8 Å². The molecule has 2 aliphatic rings. The Balaban J connectivity index is 1.38. The van der Waals surface area contributed by atoms with Gasteiger partial charge in [-0.2, -0.15) is 0 Å². The fraction of sp³-hybridized carbons (Fsp3) is 0.450. The molecule has 28 heavy (non-hydrogen) atoms. The zero-order valence-electron chi connectivity index (χ0n) is 16.1. The SMILES string of the molecule is Cc1noc(C)c1NC(=O)c1cccc(CN2CCC3(CC2)CNC(=O)O3)c1. The van der Waals surface area contributed by atoms with Gasteiger partial charge in [0.25, 0.3) is 5.91 Å². The summed E-state index contributed by atoms with van der Waals surface area (Å²) >= 11 is 0. The van der Waals surface area contributed by atoms with E-state index < -0.39 is 0 Å². The topological polar surface area (TPSA) is 96.7 Å². The fourth-order valence-electron chi connectivity index (χ4n) is 3.82. The molecule has 0 bridgehead atoms. The van der Waals surface area contributed by atoms with Crippen molar-refractivity contribution in [1.82, 2.24) is 15.4 Å². The molecule has 2 amide bonds. The van der Waals surface area contributed by atoms with Crippen molar-refractivity contribution in [3.63, 3.8) is 0 Å². The number of nitrogens with zero attached hydrogens (tertiary/aromatic N) is 2. The summed E-state index contributed by atoms with van der Waals surface area (Å²) in [6, 6.07) is 7.63. The maximum atomic E-state index is 12.6. The molecule has 0 aliphatic carbocycles. The molecule has 1 aromatic carbocycles. The van der Waals surface area contributed by atoms with Crippen LogP contribution in [-0.2, 0) is 11.3 Å². The molecule has 3 heterocycles. The van der Waals surface area contributed by atoms with Crippen LogP contribution in [-0.4, -0.2) is 47.3 Å². The number of piperidine rings is 1. The van der Waals surface area contributed by atoms with Gasteiger partial charge in [0.05, 0.1) is 6.54 Å². The number of amides is 2. The number of benzene rings is 1. The normalized spacial score (nSPS) is 18.7. The van der Waals surface area contributed by atoms with Crippen LogP contribution in [0.2, 0.25) is 0 Å². The Hall–Kier alpha value is -2.87. The number of carbonyl (C=O) groups excluding carboxylic acids is 2. The average Bonchev–Trinajstić information content (AvgIpc) is 3.21. The molecule has 8 heteroatoms. The third kappa shape index (κ3) is 3.73. The second-order valence-electron chi connectivity index (χ2n) is 7.56. The molecule has 1 spiro atoms. The Morgan fingerprint density at radius 3 is 2.75 bits per heavy atom. The highest BCUT2D eigenvalue weighted by molar-refractivity contribution is 6.04. The van der Waals surface area contributed by atoms with Crippen LogP contribution in [0.4, 0.5) is 10.5 Å². The van der Waals surface area contributed by atoms with Crippen molar-refractivity contribution in [1.29, 1.82) is 0 Å². The van der Waals surface area contributed by atoms with Gasteiger partial charge in [-0.3, -0.25) is 9.69 Å². The van der Waals surface area contributed by atoms with E-state index in [1.807, 2.05) is 18.2 Å². The highest BCUT2D eigenvalue weighted by Gasteiger charge is 2.42. The minimum Gasteiger partial charge on any atom is -0.441 e. The lowest BCUT2D eigenvalue weighted by molar-refractivity contribution is -0.00101. The summed E-state index contributed by atoms with van der Waals surface area (Å²) in [6.45, 7) is 6.62. The summed E-state index contributed by atoms with van der Waals surface area (Å²) in [5, 5.41) is 9.49. The molecule has 1 aromatic heterocycles. The largest absolute Gasteiger partial charge is 0.441 e. The Morgan fingerprint density at radius 2 is 2.11 bits per heavy atom. The van der Waals surface area contributed by atoms with Gasteiger partial charge in [-0.25, -0.2) is 4.79 Å². The highest BCUT2D eigenvalue weighted by Crippen LogP contribution is 2.30. The van der Waals surface area contributed by atoms with Crippen LogP contribution in [0.3, 0.4) is 0 Å². The number of alkyl carbamates (subject to hydrolysis) is 1. The summed E-state index contributed by atoms with van der Waals surface area (Å²) < 4.78 is 10.6. The van der Waals surface area contributed by atoms with E-state index in [1.54, 1.807) is 19.9 Å². The number of likely N-dealkylation sites (tertiary alicyclic amines) is 1. The van der Waals surface area contributed by atoms with Crippen molar-refractivity contribution in [3.8, 4) is 0 Å². The molecule has 0 unspecified atom stereocenters. The summed E-state index contributed by atoms with van der Waals surface area (Å²) in [4.78, 5) is 26.3. The molecule has 2 aliphatic heterocycles. The van der Waals surface area contributed by atoms with Crippen molar-refractivity contribution in [2.45, 2.75) is 38.8 Å². The molecule has 8 nitrogen and oxygen atoms in total. The van der Waals surface area contributed by atoms with Crippen molar-refractivity contribution >= 4 is 17.7 Å². The first-order valence-electron chi connectivity index (χ1n) is 9.46. The maximum absolute atomic E-state index is 12.6. The summed E-state index contributed by atoms with van der Waals surface area (Å²) in [5.74, 6) is 0.407. The minimum atomic E-state index is -0.344. The fourth-order valence-corrected chi connectivity index (χ4v) is 3.82. The number of hydrogen-bond donors (Lipinski definition) is 2. The average molecular weight is 384 g/mol. The molecule has 2 saturated heterocycles. The summed E-state index contributed by atoms with van der Waals surface area (Å²) in [7, 11) is 0. The second-order valence-corrected chi connectivity index (χ2v) is 7.56. The number of aryl methyl sites for hydroxylation is 2. The van der Waals surface area contributed by atoms with E-state index in [2.05, 4.69) is 20.7 Å². The Bertz CT molecular complexity index is 880. The summed E-state index contributed by atoms with van der Waals surface area (Å²) in [5.41, 5.74) is 2.61. The molecule has 4 rings (SSSR count). The van der Waals surface area contributed by atoms with Gasteiger partial charge in [-0.05, 0) is 31.5 Å². The van der Waals surface area contributed by atoms with Crippen LogP contribution in [0.5, 0.6) is 0 Å². The molecular weight excluding hydrogens is 360 g/mol. The lowest BCUT2D eigenvalue weighted by Crippen LogP contribution is -2.46. The number of nitrogens with one attached hydrogen (secondary N) is 2. The number of rotatable bonds is 4. The molecule has 0 atom stereocenters. The van der Waals surface area contributed by atoms with Gasteiger partial charge in [-0.1, -0.05) is 17.3 Å². The van der Waals surface area contributed by atoms with Crippen LogP contribution in [0, 0.1) is 13.8 Å². The summed E-state index contributed by atoms with van der Waals surface area (Å²) in [6.07, 6.45) is 1.32. The number of hydrogen-bond acceptors (Lipinski definition) is 6. The highest BCUT2D eigenvalue weighted by atomic mass is 16.6. The van der Waals surface area contributed by atoms with E-state index in [1.165, 1.54) is 0 Å². The van der Waals surface area contributed by atoms with Crippen LogP contribution >= 0.6 is 0 Å². The Morgan fingerprint density at radius 1 is 1.32 bits per heavy atom. The van der Waals surface area contributed by atoms with Gasteiger partial charge in [0, 0.05) is 38.0 Å². The first kappa shape index (κ1) is 18.5. The van der Waals surface area contributed by atoms with E-state index in [4.69, 9.17) is 9.26 Å². The first-order chi connectivity index (χ1) is 13.4. The standard InChI is InChI=1S/C20H24N4O4/c1-13-17(14(2)28-23-13)22-18(25)16-5-3-4-15(10-16)11-24-8-6-20(7-9-24)12-21-19(26)27-20/h3-5,10H,6-9,11-12H2,1-2H3,(H,21,26)(H,22,25). The van der Waals surface area contributed by atoms with E-state index in [9.17, 15) is 9.59 Å². The molecule has 0 saturated carbocycles. The zero-order valence-corrected chi connectivity index (χ0v) is 16.1. The van der Waals surface area contributed by atoms with Crippen LogP contribution < -0.4 is 10.6 Å². The van der Waals surface area contributed by atoms with Gasteiger partial charge >= 0.3 is 6.09 Å². The lowest BCUT2D eigenvalue weighted by Gasteiger charge is -2.37. The quantitative estimate of drug-likeness (QED) is 0.841. The van der Waals surface area contributed by atoms with Crippen molar-refractivity contribution in [3.05, 3.63) is 46.8 Å². The van der Waals surface area contributed by atoms with Crippen LogP contribution in [0.15, 0.2) is 28.8 Å². The maximum Gasteiger partial charge on any atom is 0.407 e. The van der Waals surface area contributed by atoms with E-state index in [0.717, 1.165) is 38.0 Å². The van der Waals surface area contributed by atoms with Crippen molar-refractivity contribution in [2.75, 3.05) is 25.0 Å². The monoisotopic (exact) mass is 384 g/mol. The zero-order chi connectivity index (χ0) is 19.7. The molecule has 2 N–H and O–H groups in total. The van der Waals surface area contributed by atoms with Gasteiger partial charge < -0.3 is 19.9 Å². The van der Waals surface area contributed by atoms with Gasteiger partial charge in [0.15, 0.2) is 5.76 Å². The van der Waals surface area contributed by atoms with Crippen molar-refractivity contribution in [2.24, 2.45) is 0 Å². The number of ether oxygens (including phenoxy) is 1. The second kappa shape index (κ2) is 7.27. The Kier molecular flexibility index (Phi) is 4.80. The number of anilines is 1. The minimum absolute atomic E-state index is 0.183. The van der Waals surface area contributed by atoms with Crippen LogP contribution in [0.1, 0.15) is 40.2 Å². The predicted octanol–water partition coefficient (Wildman–Crippen LogP) is 2.62. The molecule has 2 aromatic rings. The first-order valence-corrected chi connectivity index (χ1v) is 9.46. The third-order valence-electron chi connectivity index (χ3n) is 5.50. The molecular formula is C20H24N4O4. The molecule has 148 valence electrons. The smallest absolute Gasteiger partial charge is 0.407 e. The van der Waals surface area contributed by atoms with E-state index in [0.29, 0.717) is 29.2 Å². The number of aromatic nitrogens is 1. The van der Waals surface area contributed by atoms with Gasteiger partial charge in [0.1, 0.15) is 17.0 Å². The molecule has 0 radical (unpaired) electrons. The Labute approximate surface area is 163 Å².